The molecule has 0 saturated heterocycles. The molecule has 0 saturated carbocycles. The number of phosphoric ester groups is 1. The predicted molar refractivity (Wildman–Crippen MR) is 41.2 cm³/mol. The molecule has 7 heteroatoms. The van der Waals surface area contributed by atoms with Gasteiger partial charge in [0.2, 0.25) is 0 Å². The van der Waals surface area contributed by atoms with E-state index in [1.807, 2.05) is 0 Å². The average Bonchev–Trinajstić information content (AvgIpc) is 1.82. The third kappa shape index (κ3) is 4.58. The average molecular weight is 197 g/mol. The zero-order chi connectivity index (χ0) is 9.94. The third-order valence-electron chi connectivity index (χ3n) is 1.28. The van der Waals surface area contributed by atoms with Crippen LogP contribution < -0.4 is 5.73 Å². The minimum atomic E-state index is -4.55. The zero-order valence-electron chi connectivity index (χ0n) is 6.80. The van der Waals surface area contributed by atoms with Crippen molar-refractivity contribution in [1.29, 1.82) is 0 Å². The van der Waals surface area contributed by atoms with Crippen LogP contribution >= 0.6 is 7.82 Å². The molecule has 0 heterocycles. The van der Waals surface area contributed by atoms with Gasteiger partial charge in [-0.1, -0.05) is 0 Å². The van der Waals surface area contributed by atoms with Crippen LogP contribution in [0.2, 0.25) is 0 Å². The second-order valence-electron chi connectivity index (χ2n) is 2.44. The van der Waals surface area contributed by atoms with Crippen LogP contribution in [0.3, 0.4) is 0 Å². The van der Waals surface area contributed by atoms with Crippen molar-refractivity contribution < 1.29 is 23.7 Å². The molecule has 0 aliphatic carbocycles. The molecule has 0 spiro atoms. The summed E-state index contributed by atoms with van der Waals surface area (Å²) in [5.41, 5.74) is 5.25. The lowest BCUT2D eigenvalue weighted by atomic mass is 10.1. The molecule has 4 N–H and O–H groups in total. The van der Waals surface area contributed by atoms with Gasteiger partial charge in [0.1, 0.15) is 5.78 Å². The first-order chi connectivity index (χ1) is 5.24. The maximum Gasteiger partial charge on any atom is 0.469 e. The molecular formula is C5H12NO5P. The van der Waals surface area contributed by atoms with Crippen LogP contribution in [0.1, 0.15) is 13.8 Å². The maximum atomic E-state index is 10.6. The molecule has 0 aliphatic heterocycles. The highest BCUT2D eigenvalue weighted by molar-refractivity contribution is 7.46. The monoisotopic (exact) mass is 197 g/mol. The first-order valence-corrected chi connectivity index (χ1v) is 4.77. The van der Waals surface area contributed by atoms with Gasteiger partial charge in [-0.15, -0.1) is 0 Å². The van der Waals surface area contributed by atoms with Gasteiger partial charge in [0.05, 0.1) is 12.1 Å². The van der Waals surface area contributed by atoms with E-state index in [4.69, 9.17) is 15.5 Å². The standard InChI is InChI=1S/C5H12NO5P/c1-3(7)5(6)4(2)11-12(8,9)10/h4-5H,6H2,1-2H3,(H2,8,9,10)/t4-,5-/m1/s1. The minimum absolute atomic E-state index is 0.379. The van der Waals surface area contributed by atoms with E-state index in [2.05, 4.69) is 4.52 Å². The number of ketones is 1. The number of carbonyl (C=O) groups is 1. The number of hydrogen-bond acceptors (Lipinski definition) is 4. The fourth-order valence-corrected chi connectivity index (χ4v) is 1.18. The Morgan fingerprint density at radius 1 is 1.58 bits per heavy atom. The molecule has 2 atom stereocenters. The SMILES string of the molecule is CC(=O)[C@@H](N)[C@@H](C)OP(=O)(O)O. The highest BCUT2D eigenvalue weighted by atomic mass is 31.2. The Morgan fingerprint density at radius 2 is 2.00 bits per heavy atom. The quantitative estimate of drug-likeness (QED) is 0.519. The summed E-state index contributed by atoms with van der Waals surface area (Å²) in [4.78, 5) is 27.3. The van der Waals surface area contributed by atoms with Crippen molar-refractivity contribution in [2.45, 2.75) is 26.0 Å². The second-order valence-corrected chi connectivity index (χ2v) is 3.63. The van der Waals surface area contributed by atoms with Crippen LogP contribution in [0.15, 0.2) is 0 Å². The summed E-state index contributed by atoms with van der Waals surface area (Å²) < 4.78 is 14.5. The van der Waals surface area contributed by atoms with Gasteiger partial charge in [-0.05, 0) is 13.8 Å². The summed E-state index contributed by atoms with van der Waals surface area (Å²) in [5, 5.41) is 0. The summed E-state index contributed by atoms with van der Waals surface area (Å²) in [5.74, 6) is -0.379. The molecule has 12 heavy (non-hydrogen) atoms. The molecule has 0 fully saturated rings. The molecular weight excluding hydrogens is 185 g/mol. The van der Waals surface area contributed by atoms with Gasteiger partial charge in [-0.25, -0.2) is 4.57 Å². The first kappa shape index (κ1) is 11.7. The Labute approximate surface area is 70.0 Å². The van der Waals surface area contributed by atoms with Gasteiger partial charge in [0.15, 0.2) is 0 Å². The summed E-state index contributed by atoms with van der Waals surface area (Å²) >= 11 is 0. The highest BCUT2D eigenvalue weighted by Gasteiger charge is 2.25. The number of phosphoric acid groups is 1. The Bertz CT molecular complexity index is 212. The maximum absolute atomic E-state index is 10.6. The van der Waals surface area contributed by atoms with Gasteiger partial charge in [-0.3, -0.25) is 9.32 Å². The van der Waals surface area contributed by atoms with E-state index in [0.29, 0.717) is 0 Å². The molecule has 0 radical (unpaired) electrons. The van der Waals surface area contributed by atoms with Crippen molar-refractivity contribution >= 4 is 13.6 Å². The van der Waals surface area contributed by atoms with Crippen molar-refractivity contribution in [2.75, 3.05) is 0 Å². The largest absolute Gasteiger partial charge is 0.469 e. The number of nitrogens with two attached hydrogens (primary N) is 1. The lowest BCUT2D eigenvalue weighted by molar-refractivity contribution is -0.120. The van der Waals surface area contributed by atoms with Crippen LogP contribution in [0.25, 0.3) is 0 Å². The van der Waals surface area contributed by atoms with E-state index in [1.54, 1.807) is 0 Å². The van der Waals surface area contributed by atoms with E-state index >= 15 is 0 Å². The van der Waals surface area contributed by atoms with E-state index in [9.17, 15) is 9.36 Å². The van der Waals surface area contributed by atoms with E-state index < -0.39 is 20.0 Å². The number of rotatable bonds is 4. The van der Waals surface area contributed by atoms with E-state index in [0.717, 1.165) is 0 Å². The Kier molecular flexibility index (Phi) is 4.02. The Morgan fingerprint density at radius 3 is 2.25 bits per heavy atom. The van der Waals surface area contributed by atoms with Crippen LogP contribution in [-0.4, -0.2) is 27.7 Å². The molecule has 0 amide bonds. The molecule has 0 aromatic rings. The fraction of sp³-hybridized carbons (Fsp3) is 0.800. The summed E-state index contributed by atoms with van der Waals surface area (Å²) in [6.07, 6.45) is -0.983. The topological polar surface area (TPSA) is 110 Å². The minimum Gasteiger partial charge on any atom is -0.319 e. The van der Waals surface area contributed by atoms with Crippen molar-refractivity contribution in [3.8, 4) is 0 Å². The van der Waals surface area contributed by atoms with Gasteiger partial charge < -0.3 is 15.5 Å². The van der Waals surface area contributed by atoms with Crippen LogP contribution in [0.5, 0.6) is 0 Å². The zero-order valence-corrected chi connectivity index (χ0v) is 7.69. The molecule has 0 aromatic carbocycles. The van der Waals surface area contributed by atoms with Crippen LogP contribution in [0.4, 0.5) is 0 Å². The van der Waals surface area contributed by atoms with Crippen molar-refractivity contribution in [3.63, 3.8) is 0 Å². The smallest absolute Gasteiger partial charge is 0.319 e. The molecule has 6 nitrogen and oxygen atoms in total. The predicted octanol–water partition coefficient (Wildman–Crippen LogP) is -0.599. The summed E-state index contributed by atoms with van der Waals surface area (Å²) in [7, 11) is -4.55. The third-order valence-corrected chi connectivity index (χ3v) is 1.89. The number of hydrogen-bond donors (Lipinski definition) is 3. The lowest BCUT2D eigenvalue weighted by Gasteiger charge is -2.17. The number of Topliss-reactive ketones (excluding diaryl/α,β-unsaturated/α-hetero) is 1. The van der Waals surface area contributed by atoms with Crippen molar-refractivity contribution in [2.24, 2.45) is 5.73 Å². The van der Waals surface area contributed by atoms with Gasteiger partial charge in [-0.2, -0.15) is 0 Å². The normalized spacial score (nSPS) is 17.1. The van der Waals surface area contributed by atoms with Gasteiger partial charge >= 0.3 is 7.82 Å². The van der Waals surface area contributed by atoms with E-state index in [-0.39, 0.29) is 5.78 Å². The van der Waals surface area contributed by atoms with Crippen molar-refractivity contribution in [1.82, 2.24) is 0 Å². The highest BCUT2D eigenvalue weighted by Crippen LogP contribution is 2.37. The molecule has 0 aliphatic rings. The van der Waals surface area contributed by atoms with Crippen LogP contribution in [0, 0.1) is 0 Å². The molecule has 0 bridgehead atoms. The van der Waals surface area contributed by atoms with Crippen molar-refractivity contribution in [3.05, 3.63) is 0 Å². The van der Waals surface area contributed by atoms with E-state index in [1.165, 1.54) is 13.8 Å². The Balaban J connectivity index is 4.13. The van der Waals surface area contributed by atoms with Gasteiger partial charge in [0, 0.05) is 0 Å². The molecule has 0 aromatic heterocycles. The Hall–Kier alpha value is -0.260. The summed E-state index contributed by atoms with van der Waals surface area (Å²) in [6.45, 7) is 2.55. The molecule has 0 rings (SSSR count). The summed E-state index contributed by atoms with van der Waals surface area (Å²) in [6, 6.07) is -1.00. The van der Waals surface area contributed by atoms with Gasteiger partial charge in [0.25, 0.3) is 0 Å². The first-order valence-electron chi connectivity index (χ1n) is 3.24. The second kappa shape index (κ2) is 4.11. The van der Waals surface area contributed by atoms with Crippen LogP contribution in [-0.2, 0) is 13.9 Å². The number of carbonyl (C=O) groups excluding carboxylic acids is 1. The fourth-order valence-electron chi connectivity index (χ4n) is 0.613. The lowest BCUT2D eigenvalue weighted by Crippen LogP contribution is -2.39. The molecule has 72 valence electrons. The molecule has 0 unspecified atom stereocenters.